The van der Waals surface area contributed by atoms with E-state index in [-0.39, 0.29) is 19.3 Å². The molecule has 108 valence electrons. The summed E-state index contributed by atoms with van der Waals surface area (Å²) in [7, 11) is 0. The van der Waals surface area contributed by atoms with E-state index in [9.17, 15) is 15.3 Å². The van der Waals surface area contributed by atoms with Crippen molar-refractivity contribution in [3.8, 4) is 0 Å². The highest BCUT2D eigenvalue weighted by Crippen LogP contribution is 2.21. The Labute approximate surface area is 109 Å². The topological polar surface area (TPSA) is 79.2 Å². The highest BCUT2D eigenvalue weighted by Gasteiger charge is 2.40. The minimum absolute atomic E-state index is 0.0160. The maximum atomic E-state index is 9.72. The fourth-order valence-electron chi connectivity index (χ4n) is 2.23. The molecule has 3 N–H and O–H groups in total. The highest BCUT2D eigenvalue weighted by atomic mass is 16.6. The Balaban J connectivity index is 2.37. The standard InChI is InChI=1S/C13H26O5/c1-3-4-5-6-9(2)18-11(7-14)13-12(16)10(15)8-17-13/h9-16H,3-8H2,1-2H3/t9?,10-,11+,12+,13+/m0/s1. The van der Waals surface area contributed by atoms with Crippen molar-refractivity contribution < 1.29 is 24.8 Å². The molecule has 0 aromatic carbocycles. The lowest BCUT2D eigenvalue weighted by molar-refractivity contribution is -0.123. The monoisotopic (exact) mass is 262 g/mol. The fraction of sp³-hybridized carbons (Fsp3) is 1.00. The number of unbranched alkanes of at least 4 members (excludes halogenated alkanes) is 2. The van der Waals surface area contributed by atoms with Crippen LogP contribution in [-0.2, 0) is 9.47 Å². The molecular weight excluding hydrogens is 236 g/mol. The first-order valence-corrected chi connectivity index (χ1v) is 6.84. The minimum Gasteiger partial charge on any atom is -0.394 e. The molecule has 5 heteroatoms. The summed E-state index contributed by atoms with van der Waals surface area (Å²) in [6, 6.07) is 0. The molecule has 0 spiro atoms. The molecule has 1 unspecified atom stereocenters. The lowest BCUT2D eigenvalue weighted by Crippen LogP contribution is -2.43. The molecule has 0 aromatic heterocycles. The fourth-order valence-corrected chi connectivity index (χ4v) is 2.23. The number of hydrogen-bond acceptors (Lipinski definition) is 5. The first kappa shape index (κ1) is 15.9. The zero-order valence-corrected chi connectivity index (χ0v) is 11.3. The first-order chi connectivity index (χ1) is 8.60. The van der Waals surface area contributed by atoms with Crippen LogP contribution in [0, 0.1) is 0 Å². The van der Waals surface area contributed by atoms with Crippen LogP contribution < -0.4 is 0 Å². The number of aliphatic hydroxyl groups is 3. The van der Waals surface area contributed by atoms with Gasteiger partial charge >= 0.3 is 0 Å². The van der Waals surface area contributed by atoms with Gasteiger partial charge in [0.2, 0.25) is 0 Å². The Morgan fingerprint density at radius 2 is 2.06 bits per heavy atom. The smallest absolute Gasteiger partial charge is 0.114 e. The molecule has 0 amide bonds. The van der Waals surface area contributed by atoms with Crippen LogP contribution in [0.5, 0.6) is 0 Å². The molecule has 5 nitrogen and oxygen atoms in total. The summed E-state index contributed by atoms with van der Waals surface area (Å²) in [5.74, 6) is 0. The molecule has 0 saturated carbocycles. The third kappa shape index (κ3) is 4.48. The number of ether oxygens (including phenoxy) is 2. The average Bonchev–Trinajstić information content (AvgIpc) is 2.68. The van der Waals surface area contributed by atoms with E-state index >= 15 is 0 Å². The van der Waals surface area contributed by atoms with Gasteiger partial charge in [0.25, 0.3) is 0 Å². The second-order valence-corrected chi connectivity index (χ2v) is 5.02. The largest absolute Gasteiger partial charge is 0.394 e. The van der Waals surface area contributed by atoms with Crippen molar-refractivity contribution in [3.63, 3.8) is 0 Å². The second kappa shape index (κ2) is 8.07. The molecule has 0 aromatic rings. The molecule has 0 aliphatic carbocycles. The predicted octanol–water partition coefficient (Wildman–Crippen LogP) is 0.453. The molecule has 0 radical (unpaired) electrons. The van der Waals surface area contributed by atoms with Crippen molar-refractivity contribution in [1.29, 1.82) is 0 Å². The van der Waals surface area contributed by atoms with Crippen LogP contribution in [-0.4, -0.2) is 59.1 Å². The lowest BCUT2D eigenvalue weighted by Gasteiger charge is -2.27. The molecule has 0 bridgehead atoms. The first-order valence-electron chi connectivity index (χ1n) is 6.84. The van der Waals surface area contributed by atoms with Crippen LogP contribution in [0.3, 0.4) is 0 Å². The highest BCUT2D eigenvalue weighted by molar-refractivity contribution is 4.88. The molecule has 18 heavy (non-hydrogen) atoms. The second-order valence-electron chi connectivity index (χ2n) is 5.02. The zero-order valence-electron chi connectivity index (χ0n) is 11.3. The van der Waals surface area contributed by atoms with Crippen LogP contribution >= 0.6 is 0 Å². The van der Waals surface area contributed by atoms with Crippen molar-refractivity contribution in [1.82, 2.24) is 0 Å². The van der Waals surface area contributed by atoms with E-state index in [1.807, 2.05) is 6.92 Å². The zero-order chi connectivity index (χ0) is 13.5. The Kier molecular flexibility index (Phi) is 7.11. The van der Waals surface area contributed by atoms with E-state index in [2.05, 4.69) is 6.92 Å². The van der Waals surface area contributed by atoms with Crippen LogP contribution in [0.25, 0.3) is 0 Å². The third-order valence-electron chi connectivity index (χ3n) is 3.36. The van der Waals surface area contributed by atoms with Gasteiger partial charge in [0, 0.05) is 0 Å². The lowest BCUT2D eigenvalue weighted by atomic mass is 10.1. The van der Waals surface area contributed by atoms with Gasteiger partial charge in [0.1, 0.15) is 24.4 Å². The summed E-state index contributed by atoms with van der Waals surface area (Å²) in [5.41, 5.74) is 0. The van der Waals surface area contributed by atoms with Gasteiger partial charge in [-0.3, -0.25) is 0 Å². The number of hydrogen-bond donors (Lipinski definition) is 3. The predicted molar refractivity (Wildman–Crippen MR) is 67.3 cm³/mol. The minimum atomic E-state index is -0.981. The van der Waals surface area contributed by atoms with Gasteiger partial charge in [0.05, 0.1) is 19.3 Å². The summed E-state index contributed by atoms with van der Waals surface area (Å²) >= 11 is 0. The van der Waals surface area contributed by atoms with Gasteiger partial charge in [0.15, 0.2) is 0 Å². The van der Waals surface area contributed by atoms with E-state index in [1.165, 1.54) is 6.42 Å². The molecule has 1 saturated heterocycles. The summed E-state index contributed by atoms with van der Waals surface area (Å²) in [4.78, 5) is 0. The van der Waals surface area contributed by atoms with E-state index in [4.69, 9.17) is 9.47 Å². The maximum absolute atomic E-state index is 9.72. The van der Waals surface area contributed by atoms with Crippen molar-refractivity contribution in [2.45, 2.75) is 70.1 Å². The van der Waals surface area contributed by atoms with Gasteiger partial charge in [-0.25, -0.2) is 0 Å². The summed E-state index contributed by atoms with van der Waals surface area (Å²) in [6.07, 6.45) is 1.27. The molecular formula is C13H26O5. The molecule has 5 atom stereocenters. The number of aliphatic hydroxyl groups excluding tert-OH is 3. The molecule has 1 heterocycles. The Morgan fingerprint density at radius 3 is 2.56 bits per heavy atom. The third-order valence-corrected chi connectivity index (χ3v) is 3.36. The summed E-state index contributed by atoms with van der Waals surface area (Å²) in [6.45, 7) is 3.98. The van der Waals surface area contributed by atoms with Crippen LogP contribution in [0.4, 0.5) is 0 Å². The van der Waals surface area contributed by atoms with Gasteiger partial charge in [-0.15, -0.1) is 0 Å². The van der Waals surface area contributed by atoms with Gasteiger partial charge in [-0.2, -0.15) is 0 Å². The average molecular weight is 262 g/mol. The maximum Gasteiger partial charge on any atom is 0.114 e. The van der Waals surface area contributed by atoms with Crippen LogP contribution in [0.1, 0.15) is 39.5 Å². The summed E-state index contributed by atoms with van der Waals surface area (Å²) in [5, 5.41) is 28.4. The molecule has 1 fully saturated rings. The van der Waals surface area contributed by atoms with Crippen molar-refractivity contribution in [2.24, 2.45) is 0 Å². The van der Waals surface area contributed by atoms with Crippen molar-refractivity contribution >= 4 is 0 Å². The Hall–Kier alpha value is -0.200. The SMILES string of the molecule is CCCCCC(C)O[C@H](CO)[C@H]1OC[C@H](O)[C@H]1O. The Morgan fingerprint density at radius 1 is 1.33 bits per heavy atom. The van der Waals surface area contributed by atoms with Crippen LogP contribution in [0.15, 0.2) is 0 Å². The van der Waals surface area contributed by atoms with Gasteiger partial charge in [-0.05, 0) is 13.3 Å². The van der Waals surface area contributed by atoms with Crippen molar-refractivity contribution in [3.05, 3.63) is 0 Å². The molecule has 1 aliphatic rings. The molecule has 1 rings (SSSR count). The van der Waals surface area contributed by atoms with E-state index < -0.39 is 24.4 Å². The van der Waals surface area contributed by atoms with E-state index in [1.54, 1.807) is 0 Å². The molecule has 1 aliphatic heterocycles. The number of rotatable bonds is 8. The van der Waals surface area contributed by atoms with Gasteiger partial charge < -0.3 is 24.8 Å². The van der Waals surface area contributed by atoms with Crippen LogP contribution in [0.2, 0.25) is 0 Å². The van der Waals surface area contributed by atoms with E-state index in [0.29, 0.717) is 0 Å². The quantitative estimate of drug-likeness (QED) is 0.554. The van der Waals surface area contributed by atoms with Gasteiger partial charge in [-0.1, -0.05) is 26.2 Å². The van der Waals surface area contributed by atoms with Crippen molar-refractivity contribution in [2.75, 3.05) is 13.2 Å². The summed E-state index contributed by atoms with van der Waals surface area (Å²) < 4.78 is 11.0. The Bertz CT molecular complexity index is 223. The van der Waals surface area contributed by atoms with E-state index in [0.717, 1.165) is 19.3 Å². The normalized spacial score (nSPS) is 31.5.